The second-order valence-corrected chi connectivity index (χ2v) is 4.40. The van der Waals surface area contributed by atoms with Crippen LogP contribution in [0.3, 0.4) is 0 Å². The van der Waals surface area contributed by atoms with Crippen molar-refractivity contribution in [2.24, 2.45) is 0 Å². The van der Waals surface area contributed by atoms with Gasteiger partial charge in [0, 0.05) is 6.42 Å². The molecule has 0 aliphatic carbocycles. The molecule has 0 amide bonds. The number of aliphatic hydroxyl groups excluding tert-OH is 1. The van der Waals surface area contributed by atoms with Gasteiger partial charge in [-0.1, -0.05) is 24.3 Å². The van der Waals surface area contributed by atoms with Crippen molar-refractivity contribution in [3.05, 3.63) is 59.5 Å². The molecular weight excluding hydrogens is 212 g/mol. The van der Waals surface area contributed by atoms with Gasteiger partial charge in [0.15, 0.2) is 0 Å². The zero-order chi connectivity index (χ0) is 12.1. The van der Waals surface area contributed by atoms with Crippen LogP contribution in [-0.4, -0.2) is 11.2 Å². The molecule has 0 fully saturated rings. The number of aryl methyl sites for hydroxylation is 2. The van der Waals surface area contributed by atoms with Crippen molar-refractivity contribution in [1.29, 1.82) is 0 Å². The molecule has 2 rings (SSSR count). The lowest BCUT2D eigenvalue weighted by Gasteiger charge is -2.10. The largest absolute Gasteiger partial charge is 0.469 e. The van der Waals surface area contributed by atoms with E-state index in [2.05, 4.69) is 19.1 Å². The molecule has 1 unspecified atom stereocenters. The Morgan fingerprint density at radius 1 is 1.18 bits per heavy atom. The lowest BCUT2D eigenvalue weighted by molar-refractivity contribution is 0.158. The van der Waals surface area contributed by atoms with Crippen molar-refractivity contribution in [3.63, 3.8) is 0 Å². The van der Waals surface area contributed by atoms with Crippen molar-refractivity contribution < 1.29 is 9.52 Å². The Morgan fingerprint density at radius 2 is 2.00 bits per heavy atom. The molecule has 0 radical (unpaired) electrons. The molecule has 0 saturated heterocycles. The van der Waals surface area contributed by atoms with Gasteiger partial charge in [0.1, 0.15) is 5.76 Å². The monoisotopic (exact) mass is 230 g/mol. The van der Waals surface area contributed by atoms with Crippen LogP contribution in [0, 0.1) is 6.92 Å². The maximum atomic E-state index is 9.91. The van der Waals surface area contributed by atoms with Gasteiger partial charge in [-0.05, 0) is 43.0 Å². The van der Waals surface area contributed by atoms with Gasteiger partial charge in [0.05, 0.1) is 12.4 Å². The van der Waals surface area contributed by atoms with E-state index < -0.39 is 0 Å². The quantitative estimate of drug-likeness (QED) is 0.856. The number of furan rings is 1. The fourth-order valence-corrected chi connectivity index (χ4v) is 1.98. The lowest BCUT2D eigenvalue weighted by Crippen LogP contribution is -2.11. The Hall–Kier alpha value is -1.54. The summed E-state index contributed by atoms with van der Waals surface area (Å²) in [4.78, 5) is 0. The molecule has 1 heterocycles. The first-order chi connectivity index (χ1) is 8.25. The number of rotatable bonds is 5. The van der Waals surface area contributed by atoms with Gasteiger partial charge in [-0.2, -0.15) is 0 Å². The zero-order valence-electron chi connectivity index (χ0n) is 10.1. The smallest absolute Gasteiger partial charge is 0.106 e. The Bertz CT molecular complexity index is 446. The molecule has 1 N–H and O–H groups in total. The summed E-state index contributed by atoms with van der Waals surface area (Å²) in [6.07, 6.45) is 3.59. The van der Waals surface area contributed by atoms with Crippen molar-refractivity contribution >= 4 is 0 Å². The molecule has 0 spiro atoms. The normalized spacial score (nSPS) is 12.6. The van der Waals surface area contributed by atoms with Crippen LogP contribution in [0.5, 0.6) is 0 Å². The summed E-state index contributed by atoms with van der Waals surface area (Å²) in [6, 6.07) is 12.1. The SMILES string of the molecule is Cc1ccccc1CCC(O)Cc1ccco1. The Labute approximate surface area is 102 Å². The van der Waals surface area contributed by atoms with E-state index in [0.29, 0.717) is 6.42 Å². The van der Waals surface area contributed by atoms with Gasteiger partial charge in [0.25, 0.3) is 0 Å². The molecular formula is C15H18O2. The van der Waals surface area contributed by atoms with Crippen LogP contribution < -0.4 is 0 Å². The second kappa shape index (κ2) is 5.69. The minimum atomic E-state index is -0.333. The summed E-state index contributed by atoms with van der Waals surface area (Å²) in [7, 11) is 0. The van der Waals surface area contributed by atoms with Crippen LogP contribution in [0.15, 0.2) is 47.1 Å². The van der Waals surface area contributed by atoms with Gasteiger partial charge >= 0.3 is 0 Å². The summed E-state index contributed by atoms with van der Waals surface area (Å²) in [5, 5.41) is 9.91. The lowest BCUT2D eigenvalue weighted by atomic mass is 10.0. The Balaban J connectivity index is 1.84. The van der Waals surface area contributed by atoms with E-state index in [1.54, 1.807) is 6.26 Å². The highest BCUT2D eigenvalue weighted by Crippen LogP contribution is 2.13. The highest BCUT2D eigenvalue weighted by atomic mass is 16.3. The van der Waals surface area contributed by atoms with Crippen molar-refractivity contribution in [1.82, 2.24) is 0 Å². The molecule has 2 heteroatoms. The fourth-order valence-electron chi connectivity index (χ4n) is 1.98. The standard InChI is InChI=1S/C15H18O2/c1-12-5-2-3-6-13(12)8-9-14(16)11-15-7-4-10-17-15/h2-7,10,14,16H,8-9,11H2,1H3. The van der Waals surface area contributed by atoms with Crippen LogP contribution in [-0.2, 0) is 12.8 Å². The van der Waals surface area contributed by atoms with E-state index in [0.717, 1.165) is 18.6 Å². The van der Waals surface area contributed by atoms with Crippen LogP contribution in [0.2, 0.25) is 0 Å². The van der Waals surface area contributed by atoms with E-state index in [-0.39, 0.29) is 6.10 Å². The topological polar surface area (TPSA) is 33.4 Å². The average Bonchev–Trinajstić information content (AvgIpc) is 2.81. The number of benzene rings is 1. The van der Waals surface area contributed by atoms with Crippen molar-refractivity contribution in [2.45, 2.75) is 32.3 Å². The van der Waals surface area contributed by atoms with Crippen LogP contribution >= 0.6 is 0 Å². The molecule has 0 aliphatic heterocycles. The van der Waals surface area contributed by atoms with Crippen LogP contribution in [0.25, 0.3) is 0 Å². The molecule has 90 valence electrons. The second-order valence-electron chi connectivity index (χ2n) is 4.40. The number of aliphatic hydroxyl groups is 1. The van der Waals surface area contributed by atoms with Gasteiger partial charge < -0.3 is 9.52 Å². The van der Waals surface area contributed by atoms with E-state index in [1.165, 1.54) is 11.1 Å². The van der Waals surface area contributed by atoms with E-state index in [4.69, 9.17) is 4.42 Å². The number of hydrogen-bond donors (Lipinski definition) is 1. The Morgan fingerprint density at radius 3 is 2.71 bits per heavy atom. The van der Waals surface area contributed by atoms with Crippen LogP contribution in [0.4, 0.5) is 0 Å². The first-order valence-corrected chi connectivity index (χ1v) is 6.00. The molecule has 0 saturated carbocycles. The molecule has 2 aromatic rings. The molecule has 17 heavy (non-hydrogen) atoms. The third-order valence-electron chi connectivity index (χ3n) is 3.03. The summed E-state index contributed by atoms with van der Waals surface area (Å²) in [5.74, 6) is 0.849. The Kier molecular flexibility index (Phi) is 3.99. The maximum Gasteiger partial charge on any atom is 0.106 e. The maximum absolute atomic E-state index is 9.91. The predicted octanol–water partition coefficient (Wildman–Crippen LogP) is 3.12. The number of hydrogen-bond acceptors (Lipinski definition) is 2. The molecule has 1 aromatic heterocycles. The third kappa shape index (κ3) is 3.46. The molecule has 0 bridgehead atoms. The highest BCUT2D eigenvalue weighted by molar-refractivity contribution is 5.25. The minimum absolute atomic E-state index is 0.333. The minimum Gasteiger partial charge on any atom is -0.469 e. The predicted molar refractivity (Wildman–Crippen MR) is 67.9 cm³/mol. The molecule has 2 nitrogen and oxygen atoms in total. The van der Waals surface area contributed by atoms with Crippen molar-refractivity contribution in [3.8, 4) is 0 Å². The zero-order valence-corrected chi connectivity index (χ0v) is 10.1. The summed E-state index contributed by atoms with van der Waals surface area (Å²) in [5.41, 5.74) is 2.60. The van der Waals surface area contributed by atoms with Gasteiger partial charge in [0.2, 0.25) is 0 Å². The molecule has 1 aromatic carbocycles. The molecule has 1 atom stereocenters. The summed E-state index contributed by atoms with van der Waals surface area (Å²) in [6.45, 7) is 2.11. The third-order valence-corrected chi connectivity index (χ3v) is 3.03. The fraction of sp³-hybridized carbons (Fsp3) is 0.333. The average molecular weight is 230 g/mol. The first kappa shape index (κ1) is 11.9. The van der Waals surface area contributed by atoms with E-state index >= 15 is 0 Å². The van der Waals surface area contributed by atoms with Gasteiger partial charge in [-0.15, -0.1) is 0 Å². The van der Waals surface area contributed by atoms with Crippen LogP contribution in [0.1, 0.15) is 23.3 Å². The summed E-state index contributed by atoms with van der Waals surface area (Å²) >= 11 is 0. The molecule has 0 aliphatic rings. The summed E-state index contributed by atoms with van der Waals surface area (Å²) < 4.78 is 5.22. The van der Waals surface area contributed by atoms with Crippen molar-refractivity contribution in [2.75, 3.05) is 0 Å². The highest BCUT2D eigenvalue weighted by Gasteiger charge is 2.08. The first-order valence-electron chi connectivity index (χ1n) is 6.00. The van der Waals surface area contributed by atoms with E-state index in [9.17, 15) is 5.11 Å². The van der Waals surface area contributed by atoms with E-state index in [1.807, 2.05) is 24.3 Å². The van der Waals surface area contributed by atoms with Gasteiger partial charge in [-0.25, -0.2) is 0 Å². The van der Waals surface area contributed by atoms with Gasteiger partial charge in [-0.3, -0.25) is 0 Å².